The highest BCUT2D eigenvalue weighted by atomic mass is 32.2. The van der Waals surface area contributed by atoms with Crippen LogP contribution in [0.3, 0.4) is 0 Å². The maximum atomic E-state index is 12.5. The first-order valence-corrected chi connectivity index (χ1v) is 12.0. The SMILES string of the molecule is O=C(C=Cc1ccc(S(=O)(=O)NC2CC2)cc1)N1CCC2(CCCCC2)CC1. The van der Waals surface area contributed by atoms with Crippen molar-refractivity contribution in [2.45, 2.75) is 68.7 Å². The van der Waals surface area contributed by atoms with Crippen molar-refractivity contribution in [2.24, 2.45) is 5.41 Å². The molecule has 1 spiro atoms. The molecule has 3 fully saturated rings. The molecule has 1 aliphatic heterocycles. The average Bonchev–Trinajstić information content (AvgIpc) is 3.51. The number of carbonyl (C=O) groups is 1. The summed E-state index contributed by atoms with van der Waals surface area (Å²) in [5.41, 5.74) is 1.33. The summed E-state index contributed by atoms with van der Waals surface area (Å²) in [5.74, 6) is 0.0535. The highest BCUT2D eigenvalue weighted by Crippen LogP contribution is 2.44. The number of nitrogens with zero attached hydrogens (tertiary/aromatic N) is 1. The fourth-order valence-electron chi connectivity index (χ4n) is 4.52. The van der Waals surface area contributed by atoms with Crippen LogP contribution in [-0.2, 0) is 14.8 Å². The molecule has 28 heavy (non-hydrogen) atoms. The highest BCUT2D eigenvalue weighted by Gasteiger charge is 2.36. The minimum Gasteiger partial charge on any atom is -0.339 e. The van der Waals surface area contributed by atoms with Gasteiger partial charge in [0.2, 0.25) is 15.9 Å². The van der Waals surface area contributed by atoms with Gasteiger partial charge in [-0.1, -0.05) is 31.4 Å². The van der Waals surface area contributed by atoms with Crippen LogP contribution in [0, 0.1) is 5.41 Å². The molecule has 1 amide bonds. The molecule has 2 aliphatic carbocycles. The largest absolute Gasteiger partial charge is 0.339 e. The lowest BCUT2D eigenvalue weighted by Gasteiger charge is -2.44. The Bertz CT molecular complexity index is 825. The molecule has 0 unspecified atom stereocenters. The summed E-state index contributed by atoms with van der Waals surface area (Å²) >= 11 is 0. The summed E-state index contributed by atoms with van der Waals surface area (Å²) in [6, 6.07) is 6.79. The predicted molar refractivity (Wildman–Crippen MR) is 110 cm³/mol. The van der Waals surface area contributed by atoms with E-state index >= 15 is 0 Å². The number of carbonyl (C=O) groups excluding carboxylic acids is 1. The molecule has 4 rings (SSSR count). The number of piperidine rings is 1. The molecule has 0 atom stereocenters. The average molecular weight is 403 g/mol. The Labute approximate surface area is 168 Å². The lowest BCUT2D eigenvalue weighted by atomic mass is 9.68. The Kier molecular flexibility index (Phi) is 5.61. The summed E-state index contributed by atoms with van der Waals surface area (Å²) < 4.78 is 27.1. The standard InChI is InChI=1S/C22H30N2O3S/c25-21(24-16-14-22(15-17-24)12-2-1-3-13-22)11-6-18-4-9-20(10-5-18)28(26,27)23-19-7-8-19/h4-6,9-11,19,23H,1-3,7-8,12-17H2. The third-order valence-electron chi connectivity index (χ3n) is 6.56. The lowest BCUT2D eigenvalue weighted by molar-refractivity contribution is -0.128. The van der Waals surface area contributed by atoms with Crippen molar-refractivity contribution < 1.29 is 13.2 Å². The van der Waals surface area contributed by atoms with Crippen molar-refractivity contribution in [1.29, 1.82) is 0 Å². The molecule has 1 N–H and O–H groups in total. The molecule has 0 aromatic heterocycles. The zero-order chi connectivity index (χ0) is 19.6. The van der Waals surface area contributed by atoms with Gasteiger partial charge in [0.25, 0.3) is 0 Å². The van der Waals surface area contributed by atoms with E-state index in [9.17, 15) is 13.2 Å². The summed E-state index contributed by atoms with van der Waals surface area (Å²) in [6.07, 6.45) is 14.2. The minimum atomic E-state index is -3.43. The molecular weight excluding hydrogens is 372 g/mol. The second-order valence-corrected chi connectivity index (χ2v) is 10.4. The molecule has 1 aromatic carbocycles. The van der Waals surface area contributed by atoms with Crippen LogP contribution in [0.1, 0.15) is 63.4 Å². The summed E-state index contributed by atoms with van der Waals surface area (Å²) in [5, 5.41) is 0. The predicted octanol–water partition coefficient (Wildman–Crippen LogP) is 3.71. The van der Waals surface area contributed by atoms with Crippen molar-refractivity contribution in [3.63, 3.8) is 0 Å². The Morgan fingerprint density at radius 1 is 1.00 bits per heavy atom. The van der Waals surface area contributed by atoms with Crippen molar-refractivity contribution in [3.05, 3.63) is 35.9 Å². The third kappa shape index (κ3) is 4.66. The fraction of sp³-hybridized carbons (Fsp3) is 0.591. The topological polar surface area (TPSA) is 66.5 Å². The van der Waals surface area contributed by atoms with E-state index in [0.29, 0.717) is 5.41 Å². The smallest absolute Gasteiger partial charge is 0.246 e. The number of benzene rings is 1. The lowest BCUT2D eigenvalue weighted by Crippen LogP contribution is -2.43. The van der Waals surface area contributed by atoms with Crippen LogP contribution in [0.15, 0.2) is 35.2 Å². The molecule has 5 nitrogen and oxygen atoms in total. The Balaban J connectivity index is 1.32. The molecule has 6 heteroatoms. The van der Waals surface area contributed by atoms with E-state index in [2.05, 4.69) is 4.72 Å². The number of amides is 1. The van der Waals surface area contributed by atoms with Crippen molar-refractivity contribution in [1.82, 2.24) is 9.62 Å². The first kappa shape index (κ1) is 19.6. The molecule has 1 saturated heterocycles. The van der Waals surface area contributed by atoms with Gasteiger partial charge in [0.05, 0.1) is 4.90 Å². The Hall–Kier alpha value is -1.66. The monoisotopic (exact) mass is 402 g/mol. The van der Waals surface area contributed by atoms with Crippen molar-refractivity contribution in [3.8, 4) is 0 Å². The van der Waals surface area contributed by atoms with Gasteiger partial charge in [-0.25, -0.2) is 13.1 Å². The fourth-order valence-corrected chi connectivity index (χ4v) is 5.83. The highest BCUT2D eigenvalue weighted by molar-refractivity contribution is 7.89. The van der Waals surface area contributed by atoms with Crippen molar-refractivity contribution in [2.75, 3.05) is 13.1 Å². The van der Waals surface area contributed by atoms with Crippen LogP contribution >= 0.6 is 0 Å². The van der Waals surface area contributed by atoms with Gasteiger partial charge in [-0.2, -0.15) is 0 Å². The van der Waals surface area contributed by atoms with Gasteiger partial charge in [0.15, 0.2) is 0 Å². The molecule has 2 saturated carbocycles. The van der Waals surface area contributed by atoms with E-state index in [1.807, 2.05) is 4.90 Å². The molecule has 0 bridgehead atoms. The normalized spacial score (nSPS) is 22.6. The van der Waals surface area contributed by atoms with E-state index < -0.39 is 10.0 Å². The van der Waals surface area contributed by atoms with E-state index in [-0.39, 0.29) is 16.8 Å². The van der Waals surface area contributed by atoms with Gasteiger partial charge in [0, 0.05) is 25.2 Å². The zero-order valence-corrected chi connectivity index (χ0v) is 17.2. The summed E-state index contributed by atoms with van der Waals surface area (Å²) in [7, 11) is -3.43. The van der Waals surface area contributed by atoms with Gasteiger partial charge in [-0.05, 0) is 67.7 Å². The number of hydrogen-bond acceptors (Lipinski definition) is 3. The van der Waals surface area contributed by atoms with Crippen LogP contribution in [0.5, 0.6) is 0 Å². The molecular formula is C22H30N2O3S. The third-order valence-corrected chi connectivity index (χ3v) is 8.09. The van der Waals surface area contributed by atoms with E-state index in [1.165, 1.54) is 32.1 Å². The van der Waals surface area contributed by atoms with Crippen LogP contribution < -0.4 is 4.72 Å². The molecule has 3 aliphatic rings. The van der Waals surface area contributed by atoms with Gasteiger partial charge in [-0.15, -0.1) is 0 Å². The molecule has 1 heterocycles. The number of nitrogens with one attached hydrogen (secondary N) is 1. The van der Waals surface area contributed by atoms with Gasteiger partial charge in [0.1, 0.15) is 0 Å². The number of sulfonamides is 1. The maximum absolute atomic E-state index is 12.5. The van der Waals surface area contributed by atoms with Crippen LogP contribution in [-0.4, -0.2) is 38.4 Å². The number of rotatable bonds is 5. The summed E-state index contributed by atoms with van der Waals surface area (Å²) in [6.45, 7) is 1.71. The van der Waals surface area contributed by atoms with Crippen LogP contribution in [0.4, 0.5) is 0 Å². The first-order valence-electron chi connectivity index (χ1n) is 10.6. The Morgan fingerprint density at radius 2 is 1.64 bits per heavy atom. The maximum Gasteiger partial charge on any atom is 0.246 e. The number of hydrogen-bond donors (Lipinski definition) is 1. The van der Waals surface area contributed by atoms with Crippen LogP contribution in [0.2, 0.25) is 0 Å². The molecule has 152 valence electrons. The van der Waals surface area contributed by atoms with Gasteiger partial charge >= 0.3 is 0 Å². The number of likely N-dealkylation sites (tertiary alicyclic amines) is 1. The first-order chi connectivity index (χ1) is 13.5. The van der Waals surface area contributed by atoms with E-state index in [0.717, 1.165) is 44.3 Å². The second kappa shape index (κ2) is 7.99. The zero-order valence-electron chi connectivity index (χ0n) is 16.4. The molecule has 0 radical (unpaired) electrons. The quantitative estimate of drug-likeness (QED) is 0.764. The molecule has 1 aromatic rings. The van der Waals surface area contributed by atoms with Crippen LogP contribution in [0.25, 0.3) is 6.08 Å². The van der Waals surface area contributed by atoms with E-state index in [4.69, 9.17) is 0 Å². The van der Waals surface area contributed by atoms with Gasteiger partial charge in [-0.3, -0.25) is 4.79 Å². The van der Waals surface area contributed by atoms with Crippen molar-refractivity contribution >= 4 is 22.0 Å². The van der Waals surface area contributed by atoms with Gasteiger partial charge < -0.3 is 4.90 Å². The summed E-state index contributed by atoms with van der Waals surface area (Å²) in [4.78, 5) is 14.8. The van der Waals surface area contributed by atoms with E-state index in [1.54, 1.807) is 36.4 Å². The minimum absolute atomic E-state index is 0.0535. The Morgan fingerprint density at radius 3 is 2.25 bits per heavy atom. The second-order valence-electron chi connectivity index (χ2n) is 8.68.